The SMILES string of the molecule is CN1[CH-]N(c2[c-]c(Oc3[c-]c(Oc4cc(C(C)(C)C)ccn4)ccc3)cc(C(C)(C)C)c2)c2cc(C(C)(C)C)ccc21.[Pt]. The van der Waals surface area contributed by atoms with Crippen LogP contribution < -0.4 is 19.3 Å². The minimum absolute atomic E-state index is 0. The van der Waals surface area contributed by atoms with Gasteiger partial charge in [-0.15, -0.1) is 41.6 Å². The van der Waals surface area contributed by atoms with Gasteiger partial charge < -0.3 is 19.3 Å². The zero-order chi connectivity index (χ0) is 30.4. The second-order valence-corrected chi connectivity index (χ2v) is 14.1. The van der Waals surface area contributed by atoms with Gasteiger partial charge in [-0.1, -0.05) is 74.4 Å². The van der Waals surface area contributed by atoms with Gasteiger partial charge in [0.05, 0.1) is 0 Å². The first-order valence-electron chi connectivity index (χ1n) is 14.5. The molecule has 0 unspecified atom stereocenters. The number of hydrogen-bond donors (Lipinski definition) is 0. The van der Waals surface area contributed by atoms with Crippen LogP contribution in [0.3, 0.4) is 0 Å². The van der Waals surface area contributed by atoms with Crippen molar-refractivity contribution in [2.75, 3.05) is 16.8 Å². The zero-order valence-electron chi connectivity index (χ0n) is 26.9. The molecule has 0 radical (unpaired) electrons. The smallest absolute Gasteiger partial charge is 0.216 e. The van der Waals surface area contributed by atoms with E-state index >= 15 is 0 Å². The Morgan fingerprint density at radius 3 is 1.93 bits per heavy atom. The van der Waals surface area contributed by atoms with E-state index in [0.29, 0.717) is 23.1 Å². The van der Waals surface area contributed by atoms with E-state index in [1.165, 1.54) is 5.56 Å². The molecule has 0 saturated carbocycles. The molecule has 1 aliphatic rings. The maximum atomic E-state index is 6.40. The van der Waals surface area contributed by atoms with E-state index in [1.54, 1.807) is 6.20 Å². The van der Waals surface area contributed by atoms with E-state index in [4.69, 9.17) is 9.47 Å². The predicted octanol–water partition coefficient (Wildman–Crippen LogP) is 9.86. The second-order valence-electron chi connectivity index (χ2n) is 14.1. The average Bonchev–Trinajstić information content (AvgIpc) is 3.23. The van der Waals surface area contributed by atoms with Crippen molar-refractivity contribution in [2.45, 2.75) is 78.6 Å². The first-order chi connectivity index (χ1) is 19.6. The van der Waals surface area contributed by atoms with Crippen LogP contribution in [0.5, 0.6) is 23.1 Å². The van der Waals surface area contributed by atoms with Gasteiger partial charge in [0.1, 0.15) is 0 Å². The van der Waals surface area contributed by atoms with E-state index in [1.807, 2.05) is 30.3 Å². The standard InChI is InChI=1S/C37H42N3O2.Pt/c1-35(2,3)25-14-15-32-33(20-25)40(24-39(32)10)28-18-27(37(7,8)9)19-31(22-28)41-29-12-11-13-30(23-29)42-34-21-26(16-17-38-34)36(4,5)6;/h11-21,24H,1-10H3;/q-3;. The molecule has 0 fully saturated rings. The molecule has 0 spiro atoms. The van der Waals surface area contributed by atoms with Crippen molar-refractivity contribution in [3.63, 3.8) is 0 Å². The molecule has 1 aromatic heterocycles. The number of fused-ring (bicyclic) bond motifs is 1. The summed E-state index contributed by atoms with van der Waals surface area (Å²) in [5.74, 6) is 2.23. The van der Waals surface area contributed by atoms with Gasteiger partial charge in [0.25, 0.3) is 0 Å². The van der Waals surface area contributed by atoms with Gasteiger partial charge in [-0.05, 0) is 52.6 Å². The van der Waals surface area contributed by atoms with Crippen molar-refractivity contribution >= 4 is 17.1 Å². The monoisotopic (exact) mass is 755 g/mol. The molecule has 0 saturated heterocycles. The fourth-order valence-corrected chi connectivity index (χ4v) is 4.83. The number of nitrogens with zero attached hydrogens (tertiary/aromatic N) is 3. The van der Waals surface area contributed by atoms with Gasteiger partial charge in [0, 0.05) is 62.0 Å². The van der Waals surface area contributed by atoms with Crippen molar-refractivity contribution < 1.29 is 30.5 Å². The van der Waals surface area contributed by atoms with Crippen LogP contribution in [0.1, 0.15) is 79.0 Å². The summed E-state index contributed by atoms with van der Waals surface area (Å²) in [6.07, 6.45) is 1.78. The first kappa shape index (κ1) is 32.6. The molecule has 5 nitrogen and oxygen atoms in total. The second kappa shape index (κ2) is 12.0. The molecule has 3 aromatic carbocycles. The molecular formula is C37H42N3O2Pt-3. The van der Waals surface area contributed by atoms with Crippen LogP contribution in [-0.4, -0.2) is 12.0 Å². The first-order valence-corrected chi connectivity index (χ1v) is 14.5. The van der Waals surface area contributed by atoms with Crippen LogP contribution in [0.15, 0.2) is 66.9 Å². The summed E-state index contributed by atoms with van der Waals surface area (Å²) >= 11 is 0. The summed E-state index contributed by atoms with van der Waals surface area (Å²) < 4.78 is 12.5. The number of hydrogen-bond acceptors (Lipinski definition) is 5. The molecule has 0 aliphatic carbocycles. The zero-order valence-corrected chi connectivity index (χ0v) is 29.2. The van der Waals surface area contributed by atoms with Gasteiger partial charge in [0.2, 0.25) is 5.88 Å². The Kier molecular flexibility index (Phi) is 9.10. The molecular weight excluding hydrogens is 714 g/mol. The Labute approximate surface area is 272 Å². The molecule has 2 heterocycles. The summed E-state index contributed by atoms with van der Waals surface area (Å²) in [6, 6.07) is 27.4. The largest absolute Gasteiger partial charge is 0.509 e. The maximum absolute atomic E-state index is 6.40. The predicted molar refractivity (Wildman–Crippen MR) is 172 cm³/mol. The van der Waals surface area contributed by atoms with E-state index < -0.39 is 0 Å². The van der Waals surface area contributed by atoms with Crippen LogP contribution >= 0.6 is 0 Å². The third kappa shape index (κ3) is 7.44. The molecule has 0 N–H and O–H groups in total. The van der Waals surface area contributed by atoms with Crippen LogP contribution in [0.2, 0.25) is 0 Å². The number of aromatic nitrogens is 1. The fourth-order valence-electron chi connectivity index (χ4n) is 4.83. The number of pyridine rings is 1. The topological polar surface area (TPSA) is 37.8 Å². The summed E-state index contributed by atoms with van der Waals surface area (Å²) in [5, 5.41) is 0. The van der Waals surface area contributed by atoms with E-state index in [-0.39, 0.29) is 37.3 Å². The Hall–Kier alpha value is -3.30. The maximum Gasteiger partial charge on any atom is 0.216 e. The van der Waals surface area contributed by atoms with Crippen molar-refractivity contribution in [3.8, 4) is 23.1 Å². The third-order valence-electron chi connectivity index (χ3n) is 7.50. The number of rotatable bonds is 5. The van der Waals surface area contributed by atoms with Crippen LogP contribution in [-0.2, 0) is 37.3 Å². The van der Waals surface area contributed by atoms with E-state index in [0.717, 1.165) is 28.2 Å². The molecule has 6 heteroatoms. The van der Waals surface area contributed by atoms with E-state index in [9.17, 15) is 0 Å². The van der Waals surface area contributed by atoms with Crippen LogP contribution in [0, 0.1) is 18.8 Å². The van der Waals surface area contributed by atoms with Gasteiger partial charge in [0.15, 0.2) is 0 Å². The summed E-state index contributed by atoms with van der Waals surface area (Å²) in [6.45, 7) is 22.0. The van der Waals surface area contributed by atoms with Crippen molar-refractivity contribution in [1.82, 2.24) is 4.98 Å². The average molecular weight is 756 g/mol. The van der Waals surface area contributed by atoms with Crippen molar-refractivity contribution in [3.05, 3.63) is 102 Å². The minimum atomic E-state index is -0.0952. The normalized spacial score (nSPS) is 13.4. The van der Waals surface area contributed by atoms with Gasteiger partial charge in [-0.25, -0.2) is 4.98 Å². The third-order valence-corrected chi connectivity index (χ3v) is 7.50. The van der Waals surface area contributed by atoms with Gasteiger partial charge in [-0.3, -0.25) is 0 Å². The molecule has 5 rings (SSSR count). The molecule has 0 bridgehead atoms. The molecule has 0 atom stereocenters. The van der Waals surface area contributed by atoms with Crippen LogP contribution in [0.25, 0.3) is 0 Å². The van der Waals surface area contributed by atoms with Gasteiger partial charge >= 0.3 is 0 Å². The summed E-state index contributed by atoms with van der Waals surface area (Å²) in [5.41, 5.74) is 6.74. The molecule has 4 aromatic rings. The summed E-state index contributed by atoms with van der Waals surface area (Å²) in [7, 11) is 2.08. The Morgan fingerprint density at radius 2 is 1.28 bits per heavy atom. The van der Waals surface area contributed by atoms with Crippen molar-refractivity contribution in [1.29, 1.82) is 0 Å². The van der Waals surface area contributed by atoms with Crippen LogP contribution in [0.4, 0.5) is 17.1 Å². The Balaban J connectivity index is 0.00000423. The molecule has 0 amide bonds. The van der Waals surface area contributed by atoms with Gasteiger partial charge in [-0.2, -0.15) is 12.7 Å². The number of ether oxygens (including phenoxy) is 2. The Morgan fingerprint density at radius 1 is 0.651 bits per heavy atom. The quantitative estimate of drug-likeness (QED) is 0.190. The van der Waals surface area contributed by atoms with Crippen molar-refractivity contribution in [2.24, 2.45) is 0 Å². The fraction of sp³-hybridized carbons (Fsp3) is 0.351. The number of benzene rings is 3. The molecule has 1 aliphatic heterocycles. The minimum Gasteiger partial charge on any atom is -0.509 e. The summed E-state index contributed by atoms with van der Waals surface area (Å²) in [4.78, 5) is 8.75. The van der Waals surface area contributed by atoms with E-state index in [2.05, 4.69) is 133 Å². The molecule has 230 valence electrons. The molecule has 43 heavy (non-hydrogen) atoms. The Bertz CT molecular complexity index is 1590. The number of anilines is 3.